The van der Waals surface area contributed by atoms with Crippen LogP contribution in [0.25, 0.3) is 0 Å². The molecule has 2 amide bonds. The summed E-state index contributed by atoms with van der Waals surface area (Å²) in [5.74, 6) is 0. The summed E-state index contributed by atoms with van der Waals surface area (Å²) in [5.41, 5.74) is 0. The van der Waals surface area contributed by atoms with Gasteiger partial charge in [-0.3, -0.25) is 4.84 Å². The molecular formula is C6H9F3N2O2. The van der Waals surface area contributed by atoms with Crippen molar-refractivity contribution >= 4 is 6.03 Å². The van der Waals surface area contributed by atoms with Gasteiger partial charge in [-0.05, 0) is 6.42 Å². The molecule has 0 saturated carbocycles. The third-order valence-corrected chi connectivity index (χ3v) is 1.42. The molecule has 1 aliphatic rings. The van der Waals surface area contributed by atoms with Gasteiger partial charge in [-0.25, -0.2) is 9.86 Å². The number of hydrogen-bond donors (Lipinski definition) is 1. The number of urea groups is 1. The van der Waals surface area contributed by atoms with E-state index in [0.717, 1.165) is 5.06 Å². The lowest BCUT2D eigenvalue weighted by atomic mass is 10.5. The molecule has 0 radical (unpaired) electrons. The molecular weight excluding hydrogens is 189 g/mol. The van der Waals surface area contributed by atoms with Gasteiger partial charge in [0.25, 0.3) is 0 Å². The lowest BCUT2D eigenvalue weighted by Crippen LogP contribution is -2.41. The average molecular weight is 198 g/mol. The lowest BCUT2D eigenvalue weighted by Gasteiger charge is -2.15. The summed E-state index contributed by atoms with van der Waals surface area (Å²) >= 11 is 0. The zero-order valence-electron chi connectivity index (χ0n) is 6.73. The number of carbonyl (C=O) groups is 1. The second-order valence-electron chi connectivity index (χ2n) is 2.56. The standard InChI is InChI=1S/C6H9F3N2O2/c7-6(8,9)4-10-5(12)11-2-1-3-13-11/h1-4H2,(H,10,12). The van der Waals surface area contributed by atoms with Crippen molar-refractivity contribution in [3.63, 3.8) is 0 Å². The highest BCUT2D eigenvalue weighted by atomic mass is 19.4. The zero-order valence-corrected chi connectivity index (χ0v) is 6.73. The summed E-state index contributed by atoms with van der Waals surface area (Å²) in [5, 5.41) is 2.60. The molecule has 1 fully saturated rings. The highest BCUT2D eigenvalue weighted by Gasteiger charge is 2.29. The first kappa shape index (κ1) is 10.1. The highest BCUT2D eigenvalue weighted by molar-refractivity contribution is 5.73. The number of amides is 2. The van der Waals surface area contributed by atoms with E-state index in [1.807, 2.05) is 0 Å². The van der Waals surface area contributed by atoms with Crippen molar-refractivity contribution in [1.29, 1.82) is 0 Å². The van der Waals surface area contributed by atoms with Crippen LogP contribution >= 0.6 is 0 Å². The smallest absolute Gasteiger partial charge is 0.327 e. The van der Waals surface area contributed by atoms with Crippen LogP contribution in [0.5, 0.6) is 0 Å². The number of alkyl halides is 3. The van der Waals surface area contributed by atoms with E-state index in [1.54, 1.807) is 5.32 Å². The summed E-state index contributed by atoms with van der Waals surface area (Å²) in [6.07, 6.45) is -3.73. The van der Waals surface area contributed by atoms with Crippen molar-refractivity contribution in [1.82, 2.24) is 10.4 Å². The molecule has 0 bridgehead atoms. The predicted octanol–water partition coefficient (Wildman–Crippen LogP) is 0.896. The molecule has 0 unspecified atom stereocenters. The van der Waals surface area contributed by atoms with Gasteiger partial charge in [0.1, 0.15) is 6.54 Å². The number of hydrogen-bond acceptors (Lipinski definition) is 2. The molecule has 0 aliphatic carbocycles. The maximum Gasteiger partial charge on any atom is 0.405 e. The van der Waals surface area contributed by atoms with Crippen LogP contribution in [0.4, 0.5) is 18.0 Å². The van der Waals surface area contributed by atoms with E-state index in [4.69, 9.17) is 4.84 Å². The maximum atomic E-state index is 11.6. The Morgan fingerprint density at radius 1 is 1.54 bits per heavy atom. The fraction of sp³-hybridized carbons (Fsp3) is 0.833. The van der Waals surface area contributed by atoms with E-state index in [0.29, 0.717) is 19.6 Å². The van der Waals surface area contributed by atoms with E-state index in [9.17, 15) is 18.0 Å². The predicted molar refractivity (Wildman–Crippen MR) is 36.7 cm³/mol. The van der Waals surface area contributed by atoms with Gasteiger partial charge in [0.2, 0.25) is 0 Å². The minimum atomic E-state index is -4.38. The van der Waals surface area contributed by atoms with Gasteiger partial charge in [0, 0.05) is 0 Å². The Balaban J connectivity index is 2.25. The van der Waals surface area contributed by atoms with E-state index in [-0.39, 0.29) is 0 Å². The third-order valence-electron chi connectivity index (χ3n) is 1.42. The molecule has 7 heteroatoms. The number of nitrogens with one attached hydrogen (secondary N) is 1. The van der Waals surface area contributed by atoms with E-state index in [2.05, 4.69) is 0 Å². The molecule has 1 heterocycles. The van der Waals surface area contributed by atoms with Crippen molar-refractivity contribution in [2.24, 2.45) is 0 Å². The molecule has 0 atom stereocenters. The van der Waals surface area contributed by atoms with Crippen LogP contribution in [0.2, 0.25) is 0 Å². The Hall–Kier alpha value is -0.980. The molecule has 0 spiro atoms. The SMILES string of the molecule is O=C(NCC(F)(F)F)N1CCCO1. The third kappa shape index (κ3) is 3.49. The number of halogens is 3. The Kier molecular flexibility index (Phi) is 2.97. The lowest BCUT2D eigenvalue weighted by molar-refractivity contribution is -0.126. The van der Waals surface area contributed by atoms with Crippen LogP contribution in [0.3, 0.4) is 0 Å². The topological polar surface area (TPSA) is 41.6 Å². The van der Waals surface area contributed by atoms with Crippen molar-refractivity contribution in [2.75, 3.05) is 19.7 Å². The van der Waals surface area contributed by atoms with Crippen molar-refractivity contribution in [3.8, 4) is 0 Å². The molecule has 1 saturated heterocycles. The van der Waals surface area contributed by atoms with Gasteiger partial charge in [0.05, 0.1) is 13.2 Å². The Bertz CT molecular complexity index is 189. The number of hydroxylamine groups is 2. The molecule has 76 valence electrons. The molecule has 1 N–H and O–H groups in total. The maximum absolute atomic E-state index is 11.6. The van der Waals surface area contributed by atoms with Gasteiger partial charge < -0.3 is 5.32 Å². The summed E-state index contributed by atoms with van der Waals surface area (Å²) in [6.45, 7) is -0.616. The van der Waals surface area contributed by atoms with Gasteiger partial charge in [-0.15, -0.1) is 0 Å². The zero-order chi connectivity index (χ0) is 9.90. The normalized spacial score (nSPS) is 17.6. The van der Waals surface area contributed by atoms with Gasteiger partial charge >= 0.3 is 12.2 Å². The molecule has 0 aromatic rings. The summed E-state index contributed by atoms with van der Waals surface area (Å²) in [7, 11) is 0. The summed E-state index contributed by atoms with van der Waals surface area (Å²) in [4.78, 5) is 15.6. The van der Waals surface area contributed by atoms with Crippen molar-refractivity contribution in [3.05, 3.63) is 0 Å². The molecule has 1 aliphatic heterocycles. The molecule has 0 aromatic carbocycles. The van der Waals surface area contributed by atoms with Crippen molar-refractivity contribution < 1.29 is 22.8 Å². The summed E-state index contributed by atoms with van der Waals surface area (Å²) < 4.78 is 34.9. The first-order valence-corrected chi connectivity index (χ1v) is 3.74. The first-order valence-electron chi connectivity index (χ1n) is 3.74. The minimum Gasteiger partial charge on any atom is -0.327 e. The quantitative estimate of drug-likeness (QED) is 0.680. The molecule has 4 nitrogen and oxygen atoms in total. The number of nitrogens with zero attached hydrogens (tertiary/aromatic N) is 1. The van der Waals surface area contributed by atoms with Crippen LogP contribution in [0.15, 0.2) is 0 Å². The molecule has 1 rings (SSSR count). The Morgan fingerprint density at radius 3 is 2.69 bits per heavy atom. The Morgan fingerprint density at radius 2 is 2.23 bits per heavy atom. The van der Waals surface area contributed by atoms with Crippen LogP contribution < -0.4 is 5.32 Å². The van der Waals surface area contributed by atoms with E-state index >= 15 is 0 Å². The van der Waals surface area contributed by atoms with Crippen LogP contribution in [0.1, 0.15) is 6.42 Å². The fourth-order valence-corrected chi connectivity index (χ4v) is 0.872. The van der Waals surface area contributed by atoms with E-state index in [1.165, 1.54) is 0 Å². The van der Waals surface area contributed by atoms with Crippen LogP contribution in [-0.2, 0) is 4.84 Å². The van der Waals surface area contributed by atoms with Gasteiger partial charge in [0.15, 0.2) is 0 Å². The van der Waals surface area contributed by atoms with Gasteiger partial charge in [-0.1, -0.05) is 0 Å². The Labute approximate surface area is 72.6 Å². The fourth-order valence-electron chi connectivity index (χ4n) is 0.872. The number of rotatable bonds is 1. The summed E-state index contributed by atoms with van der Waals surface area (Å²) in [6, 6.07) is -0.838. The van der Waals surface area contributed by atoms with Crippen LogP contribution in [-0.4, -0.2) is 37.0 Å². The molecule has 0 aromatic heterocycles. The largest absolute Gasteiger partial charge is 0.405 e. The van der Waals surface area contributed by atoms with Crippen molar-refractivity contribution in [2.45, 2.75) is 12.6 Å². The number of carbonyl (C=O) groups excluding carboxylic acids is 1. The second-order valence-corrected chi connectivity index (χ2v) is 2.56. The minimum absolute atomic E-state index is 0.337. The monoisotopic (exact) mass is 198 g/mol. The molecule has 13 heavy (non-hydrogen) atoms. The van der Waals surface area contributed by atoms with E-state index < -0.39 is 18.8 Å². The average Bonchev–Trinajstić information content (AvgIpc) is 2.50. The first-order chi connectivity index (χ1) is 5.99. The van der Waals surface area contributed by atoms with Gasteiger partial charge in [-0.2, -0.15) is 13.2 Å². The van der Waals surface area contributed by atoms with Crippen LogP contribution in [0, 0.1) is 0 Å². The second kappa shape index (κ2) is 3.82. The highest BCUT2D eigenvalue weighted by Crippen LogP contribution is 2.12.